The molecule has 0 amide bonds. The van der Waals surface area contributed by atoms with Gasteiger partial charge in [0.2, 0.25) is 5.95 Å². The van der Waals surface area contributed by atoms with E-state index in [-0.39, 0.29) is 0 Å². The van der Waals surface area contributed by atoms with Gasteiger partial charge in [-0.15, -0.1) is 0 Å². The largest absolute Gasteiger partial charge is 0.383 e. The lowest BCUT2D eigenvalue weighted by Crippen LogP contribution is -2.47. The molecule has 0 radical (unpaired) electrons. The van der Waals surface area contributed by atoms with E-state index in [1.807, 2.05) is 30.3 Å². The fourth-order valence-electron chi connectivity index (χ4n) is 7.44. The van der Waals surface area contributed by atoms with Gasteiger partial charge in [-0.25, -0.2) is 0 Å². The Bertz CT molecular complexity index is 1280. The normalized spacial score (nSPS) is 26.0. The maximum atomic E-state index is 13.3. The van der Waals surface area contributed by atoms with E-state index in [1.54, 1.807) is 0 Å². The van der Waals surface area contributed by atoms with Crippen molar-refractivity contribution in [3.05, 3.63) is 35.9 Å². The molecule has 254 valence electrons. The molecule has 4 aliphatic rings. The first-order valence-electron chi connectivity index (χ1n) is 17.9. The molecule has 3 heterocycles. The van der Waals surface area contributed by atoms with Crippen molar-refractivity contribution in [2.75, 3.05) is 86.1 Å². The second-order valence-electron chi connectivity index (χ2n) is 13.9. The number of nitrogens with zero attached hydrogens (tertiary/aromatic N) is 4. The van der Waals surface area contributed by atoms with Gasteiger partial charge in [0, 0.05) is 62.6 Å². The standard InChI is InChI=1S/C34H56N9O2P/c35-32-23-33(43-19-17-42(18-20-43)21-22-46(44)41-31-10-5-4-7-29(31)26-45-46)40-34(39-32)38-25-28-13-11-27(12-14-28)24-36-15-6-16-37-30-8-2-1-3-9-30/h4-5,7,10,23,27-28,30,36-37H,1-3,6,8-9,11-22,24-26H2,(H,41,44)(H3,35,38,39,40). The number of nitrogens with one attached hydrogen (secondary N) is 4. The topological polar surface area (TPSA) is 133 Å². The van der Waals surface area contributed by atoms with Gasteiger partial charge in [0.25, 0.3) is 7.52 Å². The fourth-order valence-corrected chi connectivity index (χ4v) is 9.22. The molecule has 1 unspecified atom stereocenters. The molecule has 2 saturated carbocycles. The van der Waals surface area contributed by atoms with Crippen molar-refractivity contribution in [3.8, 4) is 0 Å². The highest BCUT2D eigenvalue weighted by atomic mass is 31.2. The minimum atomic E-state index is -2.89. The molecule has 3 fully saturated rings. The van der Waals surface area contributed by atoms with Crippen LogP contribution in [0.5, 0.6) is 0 Å². The van der Waals surface area contributed by atoms with Crippen LogP contribution in [-0.4, -0.2) is 86.0 Å². The third-order valence-electron chi connectivity index (χ3n) is 10.4. The summed E-state index contributed by atoms with van der Waals surface area (Å²) in [5.74, 6) is 3.44. The van der Waals surface area contributed by atoms with Gasteiger partial charge in [-0.3, -0.25) is 9.46 Å². The molecule has 1 atom stereocenters. The van der Waals surface area contributed by atoms with E-state index in [2.05, 4.69) is 35.8 Å². The Morgan fingerprint density at radius 2 is 1.70 bits per heavy atom. The molecule has 0 bridgehead atoms. The van der Waals surface area contributed by atoms with Crippen molar-refractivity contribution in [3.63, 3.8) is 0 Å². The van der Waals surface area contributed by atoms with Crippen LogP contribution in [0, 0.1) is 11.8 Å². The lowest BCUT2D eigenvalue weighted by Gasteiger charge is -2.36. The zero-order valence-corrected chi connectivity index (χ0v) is 28.5. The van der Waals surface area contributed by atoms with E-state index in [9.17, 15) is 4.57 Å². The highest BCUT2D eigenvalue weighted by Crippen LogP contribution is 2.51. The van der Waals surface area contributed by atoms with Crippen LogP contribution in [0.3, 0.4) is 0 Å². The van der Waals surface area contributed by atoms with Crippen LogP contribution in [-0.2, 0) is 15.7 Å². The van der Waals surface area contributed by atoms with Crippen LogP contribution in [0.25, 0.3) is 0 Å². The number of aromatic nitrogens is 2. The number of para-hydroxylation sites is 1. The second-order valence-corrected chi connectivity index (χ2v) is 16.1. The molecule has 0 spiro atoms. The maximum absolute atomic E-state index is 13.3. The Hall–Kier alpha value is -2.43. The monoisotopic (exact) mass is 653 g/mol. The van der Waals surface area contributed by atoms with Crippen LogP contribution < -0.4 is 31.7 Å². The van der Waals surface area contributed by atoms with Gasteiger partial charge in [-0.1, -0.05) is 37.5 Å². The van der Waals surface area contributed by atoms with Crippen molar-refractivity contribution >= 4 is 30.8 Å². The third-order valence-corrected chi connectivity index (χ3v) is 12.3. The Morgan fingerprint density at radius 1 is 0.935 bits per heavy atom. The van der Waals surface area contributed by atoms with Crippen molar-refractivity contribution in [1.82, 2.24) is 25.5 Å². The number of nitrogens with two attached hydrogens (primary N) is 1. The Labute approximate surface area is 275 Å². The lowest BCUT2D eigenvalue weighted by molar-refractivity contribution is 0.259. The highest BCUT2D eigenvalue weighted by molar-refractivity contribution is 7.60. The maximum Gasteiger partial charge on any atom is 0.295 e. The molecular weight excluding hydrogens is 597 g/mol. The van der Waals surface area contributed by atoms with E-state index in [4.69, 9.17) is 15.2 Å². The molecule has 2 aliphatic carbocycles. The summed E-state index contributed by atoms with van der Waals surface area (Å²) in [7, 11) is -2.89. The van der Waals surface area contributed by atoms with Crippen LogP contribution in [0.15, 0.2) is 30.3 Å². The first-order valence-corrected chi connectivity index (χ1v) is 19.7. The quantitative estimate of drug-likeness (QED) is 0.137. The summed E-state index contributed by atoms with van der Waals surface area (Å²) in [6.45, 7) is 8.87. The Balaban J connectivity index is 0.858. The second kappa shape index (κ2) is 16.6. The zero-order chi connectivity index (χ0) is 31.6. The third kappa shape index (κ3) is 9.80. The SMILES string of the molecule is Nc1cc(N2CCN(CCP3(=O)Nc4ccccc4CO3)CC2)nc(NCC2CCC(CNCCCNC3CCCCC3)CC2)n1. The predicted octanol–water partition coefficient (Wildman–Crippen LogP) is 5.14. The number of hydrogen-bond donors (Lipinski definition) is 5. The van der Waals surface area contributed by atoms with E-state index >= 15 is 0 Å². The molecular formula is C34H56N9O2P. The van der Waals surface area contributed by atoms with Crippen LogP contribution in [0.1, 0.15) is 69.8 Å². The number of hydrogen-bond acceptors (Lipinski definition) is 10. The molecule has 1 aromatic heterocycles. The van der Waals surface area contributed by atoms with E-state index < -0.39 is 7.52 Å². The number of nitrogen functional groups attached to an aromatic ring is 1. The summed E-state index contributed by atoms with van der Waals surface area (Å²) in [6, 6.07) is 10.6. The highest BCUT2D eigenvalue weighted by Gasteiger charge is 2.30. The molecule has 6 rings (SSSR count). The van der Waals surface area contributed by atoms with Gasteiger partial charge in [-0.05, 0) is 82.5 Å². The number of anilines is 4. The Kier molecular flexibility index (Phi) is 12.1. The smallest absolute Gasteiger partial charge is 0.295 e. The van der Waals surface area contributed by atoms with E-state index in [0.29, 0.717) is 30.5 Å². The number of benzene rings is 1. The predicted molar refractivity (Wildman–Crippen MR) is 189 cm³/mol. The zero-order valence-electron chi connectivity index (χ0n) is 27.6. The molecule has 2 aliphatic heterocycles. The van der Waals surface area contributed by atoms with Gasteiger partial charge < -0.3 is 36.2 Å². The van der Waals surface area contributed by atoms with Gasteiger partial charge in [-0.2, -0.15) is 9.97 Å². The van der Waals surface area contributed by atoms with Crippen LogP contribution >= 0.6 is 7.52 Å². The molecule has 12 heteroatoms. The van der Waals surface area contributed by atoms with E-state index in [0.717, 1.165) is 87.9 Å². The average molecular weight is 654 g/mol. The molecule has 2 aromatic rings. The summed E-state index contributed by atoms with van der Waals surface area (Å²) >= 11 is 0. The summed E-state index contributed by atoms with van der Waals surface area (Å²) in [5, 5.41) is 14.2. The van der Waals surface area contributed by atoms with Crippen molar-refractivity contribution in [2.24, 2.45) is 11.8 Å². The summed E-state index contributed by atoms with van der Waals surface area (Å²) in [5.41, 5.74) is 8.21. The van der Waals surface area contributed by atoms with Gasteiger partial charge in [0.15, 0.2) is 0 Å². The molecule has 1 saturated heterocycles. The lowest BCUT2D eigenvalue weighted by atomic mass is 9.82. The summed E-state index contributed by atoms with van der Waals surface area (Å²) in [4.78, 5) is 14.0. The van der Waals surface area contributed by atoms with Gasteiger partial charge >= 0.3 is 0 Å². The van der Waals surface area contributed by atoms with Gasteiger partial charge in [0.1, 0.15) is 11.6 Å². The summed E-state index contributed by atoms with van der Waals surface area (Å²) in [6.07, 6.45) is 13.8. The first kappa shape index (κ1) is 33.5. The average Bonchev–Trinajstić information content (AvgIpc) is 3.09. The van der Waals surface area contributed by atoms with Crippen molar-refractivity contribution in [2.45, 2.75) is 76.9 Å². The molecule has 1 aromatic carbocycles. The van der Waals surface area contributed by atoms with Gasteiger partial charge in [0.05, 0.1) is 12.8 Å². The van der Waals surface area contributed by atoms with Crippen molar-refractivity contribution < 1.29 is 9.09 Å². The number of rotatable bonds is 14. The summed E-state index contributed by atoms with van der Waals surface area (Å²) < 4.78 is 19.1. The van der Waals surface area contributed by atoms with E-state index in [1.165, 1.54) is 64.2 Å². The molecule has 46 heavy (non-hydrogen) atoms. The Morgan fingerprint density at radius 3 is 2.50 bits per heavy atom. The minimum absolute atomic E-state index is 0.400. The fraction of sp³-hybridized carbons (Fsp3) is 0.706. The van der Waals surface area contributed by atoms with Crippen LogP contribution in [0.2, 0.25) is 0 Å². The molecule has 6 N–H and O–H groups in total. The first-order chi connectivity index (χ1) is 22.5. The van der Waals surface area contributed by atoms with Crippen molar-refractivity contribution in [1.29, 1.82) is 0 Å². The minimum Gasteiger partial charge on any atom is -0.383 e. The molecule has 11 nitrogen and oxygen atoms in total. The van der Waals surface area contributed by atoms with Crippen LogP contribution in [0.4, 0.5) is 23.3 Å². The number of fused-ring (bicyclic) bond motifs is 1. The number of piperazine rings is 1.